The number of rotatable bonds is 7. The number of hydrogen-bond acceptors (Lipinski definition) is 10. The Bertz CT molecular complexity index is 1880. The molecule has 0 spiro atoms. The Morgan fingerprint density at radius 3 is 2.20 bits per heavy atom. The maximum absolute atomic E-state index is 13.9. The van der Waals surface area contributed by atoms with Gasteiger partial charge in [0.05, 0.1) is 38.3 Å². The fourth-order valence-electron chi connectivity index (χ4n) is 4.53. The molecule has 0 saturated heterocycles. The summed E-state index contributed by atoms with van der Waals surface area (Å²) in [4.78, 5) is 53.2. The zero-order chi connectivity index (χ0) is 29.3. The number of fused-ring (bicyclic) bond motifs is 1. The summed E-state index contributed by atoms with van der Waals surface area (Å²) in [7, 11) is 0. The molecule has 0 aliphatic carbocycles. The normalized spacial score (nSPS) is 14.8. The van der Waals surface area contributed by atoms with Gasteiger partial charge in [-0.25, -0.2) is 9.79 Å². The highest BCUT2D eigenvalue weighted by Crippen LogP contribution is 2.37. The number of nitrogens with zero attached hydrogens (tertiary/aromatic N) is 4. The van der Waals surface area contributed by atoms with E-state index in [0.29, 0.717) is 16.8 Å². The predicted octanol–water partition coefficient (Wildman–Crippen LogP) is 3.46. The Kier molecular flexibility index (Phi) is 7.27. The SMILES string of the molecule is CCOC(=O)C1=C(c2ccccc2)N=c2s/c(=C\c3cc([N+](=O)[O-])c(O)c([N+](=O)[O-])c3)c(=O)n2[C@H]1c1ccccc1. The molecule has 0 radical (unpaired) electrons. The zero-order valence-electron chi connectivity index (χ0n) is 21.3. The van der Waals surface area contributed by atoms with Crippen LogP contribution in [0.15, 0.2) is 88.2 Å². The lowest BCUT2D eigenvalue weighted by Crippen LogP contribution is -2.40. The number of carbonyl (C=O) groups excluding carboxylic acids is 1. The van der Waals surface area contributed by atoms with Crippen LogP contribution in [-0.2, 0) is 9.53 Å². The summed E-state index contributed by atoms with van der Waals surface area (Å²) in [6, 6.07) is 18.8. The second kappa shape index (κ2) is 11.0. The molecule has 206 valence electrons. The van der Waals surface area contributed by atoms with Crippen molar-refractivity contribution >= 4 is 40.5 Å². The first-order valence-electron chi connectivity index (χ1n) is 12.2. The topological polar surface area (TPSA) is 167 Å². The van der Waals surface area contributed by atoms with Crippen LogP contribution < -0.4 is 14.9 Å². The van der Waals surface area contributed by atoms with Gasteiger partial charge in [-0.3, -0.25) is 29.6 Å². The van der Waals surface area contributed by atoms with Crippen LogP contribution in [0.2, 0.25) is 0 Å². The largest absolute Gasteiger partial charge is 0.497 e. The average Bonchev–Trinajstić information content (AvgIpc) is 3.27. The van der Waals surface area contributed by atoms with Crippen molar-refractivity contribution in [2.45, 2.75) is 13.0 Å². The number of phenolic OH excluding ortho intramolecular Hbond substituents is 1. The van der Waals surface area contributed by atoms with Crippen LogP contribution in [0.5, 0.6) is 5.75 Å². The molecule has 0 unspecified atom stereocenters. The van der Waals surface area contributed by atoms with Gasteiger partial charge in [-0.15, -0.1) is 0 Å². The van der Waals surface area contributed by atoms with Crippen LogP contribution in [-0.4, -0.2) is 32.1 Å². The monoisotopic (exact) mass is 572 g/mol. The molecule has 0 amide bonds. The van der Waals surface area contributed by atoms with Gasteiger partial charge >= 0.3 is 17.3 Å². The Morgan fingerprint density at radius 2 is 1.63 bits per heavy atom. The summed E-state index contributed by atoms with van der Waals surface area (Å²) in [5, 5.41) is 32.9. The number of nitro groups is 2. The van der Waals surface area contributed by atoms with E-state index in [1.807, 2.05) is 6.07 Å². The van der Waals surface area contributed by atoms with Gasteiger partial charge in [0.1, 0.15) is 0 Å². The summed E-state index contributed by atoms with van der Waals surface area (Å²) in [6.45, 7) is 1.76. The molecule has 2 heterocycles. The van der Waals surface area contributed by atoms with E-state index in [9.17, 15) is 34.9 Å². The number of ether oxygens (including phenoxy) is 1. The van der Waals surface area contributed by atoms with E-state index in [2.05, 4.69) is 4.99 Å². The first-order chi connectivity index (χ1) is 19.7. The predicted molar refractivity (Wildman–Crippen MR) is 149 cm³/mol. The fourth-order valence-corrected chi connectivity index (χ4v) is 5.53. The van der Waals surface area contributed by atoms with Gasteiger partial charge in [-0.05, 0) is 24.1 Å². The number of phenols is 1. The third kappa shape index (κ3) is 5.01. The molecule has 1 atom stereocenters. The van der Waals surface area contributed by atoms with E-state index in [1.54, 1.807) is 61.5 Å². The standard InChI is InChI=1S/C28H20N4O8S/c1-2-40-27(35)22-23(17-9-5-3-6-10-17)29-28-30(24(22)18-11-7-4-8-12-18)26(34)21(41-28)15-16-13-19(31(36)37)25(33)20(14-16)32(38)39/h3-15,24,33H,2H2,1H3/b21-15-/t24-/m0/s1. The summed E-state index contributed by atoms with van der Waals surface area (Å²) in [5.41, 5.74) is -0.666. The number of esters is 1. The number of aromatic nitrogens is 1. The van der Waals surface area contributed by atoms with Gasteiger partial charge in [-0.1, -0.05) is 72.0 Å². The number of carbonyl (C=O) groups is 1. The number of hydrogen-bond donors (Lipinski definition) is 1. The molecule has 1 N–H and O–H groups in total. The molecule has 41 heavy (non-hydrogen) atoms. The lowest BCUT2D eigenvalue weighted by molar-refractivity contribution is -0.396. The van der Waals surface area contributed by atoms with Gasteiger partial charge in [0.25, 0.3) is 11.3 Å². The molecule has 12 nitrogen and oxygen atoms in total. The quantitative estimate of drug-likeness (QED) is 0.200. The van der Waals surface area contributed by atoms with Crippen molar-refractivity contribution < 1.29 is 24.5 Å². The molecule has 1 aromatic heterocycles. The molecular formula is C28H20N4O8S. The lowest BCUT2D eigenvalue weighted by Gasteiger charge is -2.25. The molecule has 1 aliphatic heterocycles. The Morgan fingerprint density at radius 1 is 1.05 bits per heavy atom. The third-order valence-electron chi connectivity index (χ3n) is 6.27. The van der Waals surface area contributed by atoms with Gasteiger partial charge in [0.15, 0.2) is 4.80 Å². The van der Waals surface area contributed by atoms with Crippen molar-refractivity contribution in [3.63, 3.8) is 0 Å². The molecule has 0 fully saturated rings. The summed E-state index contributed by atoms with van der Waals surface area (Å²) >= 11 is 0.953. The Hall–Kier alpha value is -5.43. The zero-order valence-corrected chi connectivity index (χ0v) is 22.1. The summed E-state index contributed by atoms with van der Waals surface area (Å²) in [5.74, 6) is -1.74. The highest BCUT2D eigenvalue weighted by molar-refractivity contribution is 7.07. The van der Waals surface area contributed by atoms with Crippen LogP contribution >= 0.6 is 11.3 Å². The van der Waals surface area contributed by atoms with Crippen LogP contribution in [0.1, 0.15) is 29.7 Å². The fraction of sp³-hybridized carbons (Fsp3) is 0.107. The number of thiazole rings is 1. The van der Waals surface area contributed by atoms with E-state index < -0.39 is 44.5 Å². The maximum Gasteiger partial charge on any atom is 0.338 e. The average molecular weight is 573 g/mol. The first kappa shape index (κ1) is 27.1. The van der Waals surface area contributed by atoms with E-state index in [0.717, 1.165) is 23.5 Å². The van der Waals surface area contributed by atoms with Crippen molar-refractivity contribution in [1.29, 1.82) is 0 Å². The molecule has 0 bridgehead atoms. The molecule has 4 aromatic rings. The molecule has 0 saturated carbocycles. The third-order valence-corrected chi connectivity index (χ3v) is 7.26. The second-order valence-corrected chi connectivity index (χ2v) is 9.77. The highest BCUT2D eigenvalue weighted by atomic mass is 32.1. The molecule has 13 heteroatoms. The van der Waals surface area contributed by atoms with E-state index in [1.165, 1.54) is 10.6 Å². The minimum Gasteiger partial charge on any atom is -0.497 e. The van der Waals surface area contributed by atoms with Gasteiger partial charge in [-0.2, -0.15) is 0 Å². The number of aromatic hydroxyl groups is 1. The highest BCUT2D eigenvalue weighted by Gasteiger charge is 2.35. The second-order valence-electron chi connectivity index (χ2n) is 8.76. The van der Waals surface area contributed by atoms with Crippen molar-refractivity contribution in [2.24, 2.45) is 4.99 Å². The van der Waals surface area contributed by atoms with Crippen LogP contribution in [0.25, 0.3) is 11.8 Å². The number of nitro benzene ring substituents is 2. The Labute approximate surface area is 234 Å². The van der Waals surface area contributed by atoms with Crippen LogP contribution in [0.4, 0.5) is 11.4 Å². The first-order valence-corrected chi connectivity index (χ1v) is 13.0. The summed E-state index contributed by atoms with van der Waals surface area (Å²) < 4.78 is 6.79. The van der Waals surface area contributed by atoms with E-state index >= 15 is 0 Å². The minimum absolute atomic E-state index is 0.0457. The molecule has 5 rings (SSSR count). The van der Waals surface area contributed by atoms with Crippen molar-refractivity contribution in [3.8, 4) is 5.75 Å². The lowest BCUT2D eigenvalue weighted by atomic mass is 9.93. The van der Waals surface area contributed by atoms with E-state index in [-0.39, 0.29) is 27.1 Å². The van der Waals surface area contributed by atoms with Crippen molar-refractivity contribution in [2.75, 3.05) is 6.61 Å². The Balaban J connectivity index is 1.82. The maximum atomic E-state index is 13.9. The molecule has 1 aliphatic rings. The molecular weight excluding hydrogens is 552 g/mol. The van der Waals surface area contributed by atoms with Gasteiger partial charge < -0.3 is 9.84 Å². The van der Waals surface area contributed by atoms with E-state index in [4.69, 9.17) is 4.74 Å². The minimum atomic E-state index is -1.09. The molecule has 3 aromatic carbocycles. The van der Waals surface area contributed by atoms with Crippen LogP contribution in [0.3, 0.4) is 0 Å². The van der Waals surface area contributed by atoms with Gasteiger partial charge in [0, 0.05) is 17.7 Å². The summed E-state index contributed by atoms with van der Waals surface area (Å²) in [6.07, 6.45) is 1.25. The van der Waals surface area contributed by atoms with Crippen molar-refractivity contribution in [3.05, 3.63) is 135 Å². The van der Waals surface area contributed by atoms with Gasteiger partial charge in [0.2, 0.25) is 0 Å². The van der Waals surface area contributed by atoms with Crippen LogP contribution in [0, 0.1) is 20.2 Å². The smallest absolute Gasteiger partial charge is 0.338 e. The van der Waals surface area contributed by atoms with Crippen molar-refractivity contribution in [1.82, 2.24) is 4.57 Å². The number of benzene rings is 3.